The maximum atomic E-state index is 12.4. The Balaban J connectivity index is 0.00000261. The highest BCUT2D eigenvalue weighted by molar-refractivity contribution is 14.0. The third kappa shape index (κ3) is 5.49. The lowest BCUT2D eigenvalue weighted by molar-refractivity contribution is -0.274. The number of anilines is 1. The molecule has 3 N–H and O–H groups in total. The van der Waals surface area contributed by atoms with Crippen LogP contribution in [-0.2, 0) is 6.54 Å². The molecule has 0 aliphatic heterocycles. The molecule has 0 saturated carbocycles. The molecule has 0 aliphatic carbocycles. The Hall–Kier alpha value is -2.50. The third-order valence-corrected chi connectivity index (χ3v) is 3.53. The minimum atomic E-state index is -4.79. The molecule has 0 spiro atoms. The van der Waals surface area contributed by atoms with E-state index in [4.69, 9.17) is 5.73 Å². The van der Waals surface area contributed by atoms with Crippen LogP contribution in [0.1, 0.15) is 11.4 Å². The van der Waals surface area contributed by atoms with Gasteiger partial charge in [-0.25, -0.2) is 9.98 Å². The zero-order chi connectivity index (χ0) is 18.7. The van der Waals surface area contributed by atoms with E-state index in [1.54, 1.807) is 6.07 Å². The van der Waals surface area contributed by atoms with Crippen molar-refractivity contribution in [1.82, 2.24) is 9.38 Å². The number of hydrogen-bond acceptors (Lipinski definition) is 3. The topological polar surface area (TPSA) is 76.9 Å². The molecule has 0 atom stereocenters. The zero-order valence-corrected chi connectivity index (χ0v) is 16.5. The first-order valence-electron chi connectivity index (χ1n) is 7.67. The largest absolute Gasteiger partial charge is 0.573 e. The fourth-order valence-electron chi connectivity index (χ4n) is 2.40. The van der Waals surface area contributed by atoms with E-state index in [1.807, 2.05) is 35.7 Å². The summed E-state index contributed by atoms with van der Waals surface area (Å²) in [6.07, 6.45) is -2.96. The summed E-state index contributed by atoms with van der Waals surface area (Å²) in [5.41, 5.74) is 8.33. The van der Waals surface area contributed by atoms with Gasteiger partial charge in [0.15, 0.2) is 11.7 Å². The van der Waals surface area contributed by atoms with Crippen LogP contribution in [0.2, 0.25) is 0 Å². The van der Waals surface area contributed by atoms with Crippen LogP contribution in [0, 0.1) is 6.92 Å². The molecule has 0 fully saturated rings. The SMILES string of the molecule is Cc1cccc2nc(CN=C(N)Nc3ccccc3OC(F)(F)F)cn12.I. The molecule has 27 heavy (non-hydrogen) atoms. The van der Waals surface area contributed by atoms with Gasteiger partial charge < -0.3 is 20.2 Å². The molecule has 2 heterocycles. The number of aromatic nitrogens is 2. The molecule has 144 valence electrons. The van der Waals surface area contributed by atoms with Crippen molar-refractivity contribution in [3.8, 4) is 5.75 Å². The third-order valence-electron chi connectivity index (χ3n) is 3.53. The summed E-state index contributed by atoms with van der Waals surface area (Å²) in [6.45, 7) is 2.14. The number of nitrogens with one attached hydrogen (secondary N) is 1. The summed E-state index contributed by atoms with van der Waals surface area (Å²) in [7, 11) is 0. The number of imidazole rings is 1. The zero-order valence-electron chi connectivity index (χ0n) is 14.2. The summed E-state index contributed by atoms with van der Waals surface area (Å²) < 4.78 is 43.2. The highest BCUT2D eigenvalue weighted by Crippen LogP contribution is 2.29. The van der Waals surface area contributed by atoms with Crippen LogP contribution in [0.4, 0.5) is 18.9 Å². The molecule has 0 bridgehead atoms. The van der Waals surface area contributed by atoms with Crippen molar-refractivity contribution in [3.05, 3.63) is 60.0 Å². The van der Waals surface area contributed by atoms with Gasteiger partial charge in [-0.05, 0) is 31.2 Å². The van der Waals surface area contributed by atoms with E-state index in [0.29, 0.717) is 5.69 Å². The van der Waals surface area contributed by atoms with Crippen LogP contribution < -0.4 is 15.8 Å². The number of halogens is 4. The number of fused-ring (bicyclic) bond motifs is 1. The summed E-state index contributed by atoms with van der Waals surface area (Å²) in [4.78, 5) is 8.54. The van der Waals surface area contributed by atoms with Gasteiger partial charge in [-0.15, -0.1) is 37.1 Å². The molecule has 1 aromatic carbocycles. The Labute approximate surface area is 170 Å². The van der Waals surface area contributed by atoms with E-state index in [2.05, 4.69) is 20.0 Å². The number of para-hydroxylation sites is 2. The molecular weight excluding hydrogens is 474 g/mol. The molecule has 6 nitrogen and oxygen atoms in total. The Morgan fingerprint density at radius 3 is 2.67 bits per heavy atom. The number of aryl methyl sites for hydroxylation is 1. The number of alkyl halides is 3. The minimum absolute atomic E-state index is 0. The smallest absolute Gasteiger partial charge is 0.404 e. The van der Waals surface area contributed by atoms with Gasteiger partial charge in [0.05, 0.1) is 17.9 Å². The number of benzene rings is 1. The van der Waals surface area contributed by atoms with Gasteiger partial charge in [-0.1, -0.05) is 18.2 Å². The van der Waals surface area contributed by atoms with E-state index in [0.717, 1.165) is 11.3 Å². The number of pyridine rings is 1. The van der Waals surface area contributed by atoms with Gasteiger partial charge in [0.25, 0.3) is 0 Å². The van der Waals surface area contributed by atoms with Crippen molar-refractivity contribution in [2.24, 2.45) is 10.7 Å². The van der Waals surface area contributed by atoms with Crippen molar-refractivity contribution in [2.45, 2.75) is 19.8 Å². The fraction of sp³-hybridized carbons (Fsp3) is 0.176. The molecule has 0 aliphatic rings. The predicted octanol–water partition coefficient (Wildman–Crippen LogP) is 4.09. The second kappa shape index (κ2) is 8.46. The van der Waals surface area contributed by atoms with Gasteiger partial charge in [0.1, 0.15) is 5.65 Å². The summed E-state index contributed by atoms with van der Waals surface area (Å²) in [5.74, 6) is -0.432. The van der Waals surface area contributed by atoms with Crippen molar-refractivity contribution < 1.29 is 17.9 Å². The van der Waals surface area contributed by atoms with E-state index in [9.17, 15) is 13.2 Å². The summed E-state index contributed by atoms with van der Waals surface area (Å²) >= 11 is 0. The van der Waals surface area contributed by atoms with Crippen molar-refractivity contribution in [3.63, 3.8) is 0 Å². The van der Waals surface area contributed by atoms with E-state index >= 15 is 0 Å². The van der Waals surface area contributed by atoms with Crippen molar-refractivity contribution >= 4 is 41.3 Å². The molecule has 2 aromatic heterocycles. The van der Waals surface area contributed by atoms with E-state index < -0.39 is 6.36 Å². The highest BCUT2D eigenvalue weighted by atomic mass is 127. The second-order valence-corrected chi connectivity index (χ2v) is 5.50. The Bertz CT molecular complexity index is 955. The van der Waals surface area contributed by atoms with Crippen LogP contribution >= 0.6 is 24.0 Å². The number of nitrogens with two attached hydrogens (primary N) is 1. The van der Waals surface area contributed by atoms with E-state index in [-0.39, 0.29) is 47.9 Å². The lowest BCUT2D eigenvalue weighted by Crippen LogP contribution is -2.24. The second-order valence-electron chi connectivity index (χ2n) is 5.50. The Kier molecular flexibility index (Phi) is 6.52. The van der Waals surface area contributed by atoms with Gasteiger partial charge in [-0.2, -0.15) is 0 Å². The van der Waals surface area contributed by atoms with Gasteiger partial charge >= 0.3 is 6.36 Å². The summed E-state index contributed by atoms with van der Waals surface area (Å²) in [5, 5.41) is 2.62. The number of hydrogen-bond donors (Lipinski definition) is 2. The van der Waals surface area contributed by atoms with Crippen LogP contribution in [-0.4, -0.2) is 21.7 Å². The van der Waals surface area contributed by atoms with Gasteiger partial charge in [0.2, 0.25) is 0 Å². The Morgan fingerprint density at radius 1 is 1.22 bits per heavy atom. The quantitative estimate of drug-likeness (QED) is 0.328. The molecule has 10 heteroatoms. The number of ether oxygens (including phenoxy) is 1. The first-order valence-corrected chi connectivity index (χ1v) is 7.67. The average Bonchev–Trinajstić information content (AvgIpc) is 2.98. The molecule has 0 radical (unpaired) electrons. The first kappa shape index (κ1) is 20.8. The number of guanidine groups is 1. The average molecular weight is 491 g/mol. The molecule has 0 saturated heterocycles. The molecule has 0 amide bonds. The number of nitrogens with zero attached hydrogens (tertiary/aromatic N) is 3. The van der Waals surface area contributed by atoms with E-state index in [1.165, 1.54) is 18.2 Å². The maximum Gasteiger partial charge on any atom is 0.573 e. The predicted molar refractivity (Wildman–Crippen MR) is 107 cm³/mol. The minimum Gasteiger partial charge on any atom is -0.404 e. The lowest BCUT2D eigenvalue weighted by Gasteiger charge is -2.13. The van der Waals surface area contributed by atoms with Crippen LogP contribution in [0.25, 0.3) is 5.65 Å². The van der Waals surface area contributed by atoms with Crippen LogP contribution in [0.3, 0.4) is 0 Å². The molecule has 0 unspecified atom stereocenters. The number of aliphatic imine (C=N–C) groups is 1. The lowest BCUT2D eigenvalue weighted by atomic mass is 10.3. The fourth-order valence-corrected chi connectivity index (χ4v) is 2.40. The van der Waals surface area contributed by atoms with Crippen molar-refractivity contribution in [1.29, 1.82) is 0 Å². The van der Waals surface area contributed by atoms with Crippen molar-refractivity contribution in [2.75, 3.05) is 5.32 Å². The van der Waals surface area contributed by atoms with Crippen LogP contribution in [0.15, 0.2) is 53.7 Å². The maximum absolute atomic E-state index is 12.4. The van der Waals surface area contributed by atoms with Gasteiger partial charge in [0, 0.05) is 11.9 Å². The van der Waals surface area contributed by atoms with Crippen LogP contribution in [0.5, 0.6) is 5.75 Å². The monoisotopic (exact) mass is 491 g/mol. The van der Waals surface area contributed by atoms with Gasteiger partial charge in [-0.3, -0.25) is 0 Å². The normalized spacial score (nSPS) is 11.9. The standard InChI is InChI=1S/C17H16F3N5O.HI/c1-11-5-4-8-15-23-12(10-25(11)15)9-22-16(21)24-13-6-2-3-7-14(13)26-17(18,19)20;/h2-8,10H,9H2,1H3,(H3,21,22,24);1H. The Morgan fingerprint density at radius 2 is 1.96 bits per heavy atom. The molecule has 3 aromatic rings. The first-order chi connectivity index (χ1) is 12.3. The molecular formula is C17H17F3IN5O. The summed E-state index contributed by atoms with van der Waals surface area (Å²) in [6, 6.07) is 11.3. The molecule has 3 rings (SSSR count). The highest BCUT2D eigenvalue weighted by Gasteiger charge is 2.32. The number of rotatable bonds is 4.